The molecule has 11 heteroatoms. The topological polar surface area (TPSA) is 129 Å². The van der Waals surface area contributed by atoms with Gasteiger partial charge in [0.1, 0.15) is 11.8 Å². The van der Waals surface area contributed by atoms with E-state index in [2.05, 4.69) is 25.7 Å². The number of morpholine rings is 1. The van der Waals surface area contributed by atoms with Crippen LogP contribution in [0.1, 0.15) is 31.9 Å². The summed E-state index contributed by atoms with van der Waals surface area (Å²) >= 11 is 0. The van der Waals surface area contributed by atoms with Crippen LogP contribution in [0.15, 0.2) is 24.4 Å². The largest absolute Gasteiger partial charge is 0.453 e. The van der Waals surface area contributed by atoms with Crippen LogP contribution in [0.5, 0.6) is 0 Å². The third kappa shape index (κ3) is 6.97. The average molecular weight is 477 g/mol. The molecule has 0 unspecified atom stereocenters. The van der Waals surface area contributed by atoms with Gasteiger partial charge >= 0.3 is 6.09 Å². The van der Waals surface area contributed by atoms with E-state index >= 15 is 0 Å². The lowest BCUT2D eigenvalue weighted by Gasteiger charge is -2.34. The molecule has 2 fully saturated rings. The highest BCUT2D eigenvalue weighted by atomic mass is 19.1. The number of aromatic nitrogens is 1. The molecule has 0 spiro atoms. The van der Waals surface area contributed by atoms with Crippen LogP contribution in [-0.4, -0.2) is 85.7 Å². The first-order valence-electron chi connectivity index (χ1n) is 11.5. The maximum atomic E-state index is 14.5. The normalized spacial score (nSPS) is 19.1. The van der Waals surface area contributed by atoms with E-state index in [4.69, 9.17) is 10.1 Å². The number of nitrogens with zero attached hydrogens (tertiary/aromatic N) is 2. The van der Waals surface area contributed by atoms with Crippen LogP contribution >= 0.6 is 0 Å². The number of halogens is 1. The van der Waals surface area contributed by atoms with Gasteiger partial charge in [-0.3, -0.25) is 9.78 Å². The predicted molar refractivity (Wildman–Crippen MR) is 125 cm³/mol. The highest BCUT2D eigenvalue weighted by Crippen LogP contribution is 2.30. The summed E-state index contributed by atoms with van der Waals surface area (Å²) < 4.78 is 24.7. The van der Waals surface area contributed by atoms with Gasteiger partial charge in [-0.15, -0.1) is 0 Å². The molecular formula is C23H33FN6O4. The van der Waals surface area contributed by atoms with E-state index in [1.807, 2.05) is 0 Å². The molecule has 1 aliphatic carbocycles. The van der Waals surface area contributed by atoms with Crippen LogP contribution in [-0.2, 0) is 14.3 Å². The first-order valence-corrected chi connectivity index (χ1v) is 11.5. The fourth-order valence-corrected chi connectivity index (χ4v) is 3.72. The average Bonchev–Trinajstić information content (AvgIpc) is 3.69. The van der Waals surface area contributed by atoms with Crippen molar-refractivity contribution in [3.05, 3.63) is 35.9 Å². The monoisotopic (exact) mass is 476 g/mol. The van der Waals surface area contributed by atoms with Crippen molar-refractivity contribution in [2.24, 2.45) is 0 Å². The molecule has 2 aliphatic rings. The molecule has 4 N–H and O–H groups in total. The molecule has 1 aliphatic heterocycles. The highest BCUT2D eigenvalue weighted by molar-refractivity contribution is 6.03. The Balaban J connectivity index is 1.72. The number of rotatable bonds is 11. The summed E-state index contributed by atoms with van der Waals surface area (Å²) in [5.74, 6) is -0.654. The first kappa shape index (κ1) is 25.6. The molecular weight excluding hydrogens is 443 g/mol. The van der Waals surface area contributed by atoms with Gasteiger partial charge in [0.25, 0.3) is 5.91 Å². The molecule has 34 heavy (non-hydrogen) atoms. The number of nitrogens with one attached hydrogen (secondary N) is 4. The van der Waals surface area contributed by atoms with Crippen molar-refractivity contribution in [1.29, 1.82) is 5.41 Å². The number of hydrogen-bond acceptors (Lipinski definition) is 8. The van der Waals surface area contributed by atoms with E-state index in [0.29, 0.717) is 44.9 Å². The van der Waals surface area contributed by atoms with Crippen LogP contribution in [0.3, 0.4) is 0 Å². The molecule has 2 atom stereocenters. The number of amides is 2. The van der Waals surface area contributed by atoms with Gasteiger partial charge in [0.2, 0.25) is 0 Å². The van der Waals surface area contributed by atoms with Gasteiger partial charge in [0, 0.05) is 38.4 Å². The lowest BCUT2D eigenvalue weighted by atomic mass is 10.1. The Morgan fingerprint density at radius 3 is 2.82 bits per heavy atom. The van der Waals surface area contributed by atoms with Gasteiger partial charge in [-0.25, -0.2) is 9.18 Å². The molecule has 2 amide bonds. The molecule has 1 aromatic heterocycles. The van der Waals surface area contributed by atoms with Crippen molar-refractivity contribution in [2.75, 3.05) is 39.9 Å². The number of methoxy groups -OCH3 is 1. The van der Waals surface area contributed by atoms with Crippen molar-refractivity contribution in [1.82, 2.24) is 25.8 Å². The molecule has 3 rings (SSSR count). The van der Waals surface area contributed by atoms with Gasteiger partial charge in [-0.2, -0.15) is 0 Å². The fraction of sp³-hybridized carbons (Fsp3) is 0.565. The second-order valence-electron chi connectivity index (χ2n) is 8.26. The van der Waals surface area contributed by atoms with Crippen LogP contribution in [0.25, 0.3) is 5.70 Å². The summed E-state index contributed by atoms with van der Waals surface area (Å²) in [6.45, 7) is 4.20. The van der Waals surface area contributed by atoms with Gasteiger partial charge in [-0.1, -0.05) is 0 Å². The van der Waals surface area contributed by atoms with Crippen LogP contribution in [0, 0.1) is 11.2 Å². The van der Waals surface area contributed by atoms with Gasteiger partial charge in [-0.05, 0) is 44.4 Å². The first-order chi connectivity index (χ1) is 16.4. The molecule has 1 saturated carbocycles. The van der Waals surface area contributed by atoms with Gasteiger partial charge < -0.3 is 35.7 Å². The molecule has 0 aromatic carbocycles. The van der Waals surface area contributed by atoms with E-state index in [1.165, 1.54) is 31.5 Å². The van der Waals surface area contributed by atoms with Crippen LogP contribution in [0.4, 0.5) is 9.18 Å². The number of ether oxygens (including phenoxy) is 2. The van der Waals surface area contributed by atoms with Crippen molar-refractivity contribution in [3.63, 3.8) is 0 Å². The highest BCUT2D eigenvalue weighted by Gasteiger charge is 2.40. The summed E-state index contributed by atoms with van der Waals surface area (Å²) in [5, 5.41) is 17.6. The predicted octanol–water partition coefficient (Wildman–Crippen LogP) is 1.28. The zero-order chi connectivity index (χ0) is 24.5. The summed E-state index contributed by atoms with van der Waals surface area (Å²) in [6, 6.07) is 2.36. The smallest absolute Gasteiger partial charge is 0.406 e. The van der Waals surface area contributed by atoms with Crippen molar-refractivity contribution < 1.29 is 23.5 Å². The van der Waals surface area contributed by atoms with Crippen LogP contribution < -0.4 is 16.0 Å². The zero-order valence-corrected chi connectivity index (χ0v) is 19.6. The van der Waals surface area contributed by atoms with E-state index < -0.39 is 24.1 Å². The van der Waals surface area contributed by atoms with Gasteiger partial charge in [0.15, 0.2) is 5.82 Å². The number of alkyl carbamates (subject to hydrolysis) is 1. The fourth-order valence-electron chi connectivity index (χ4n) is 3.72. The number of pyridine rings is 1. The summed E-state index contributed by atoms with van der Waals surface area (Å²) in [5.41, 5.74) is 0.584. The lowest BCUT2D eigenvalue weighted by Crippen LogP contribution is -2.54. The minimum absolute atomic E-state index is 0.0779. The summed E-state index contributed by atoms with van der Waals surface area (Å²) in [4.78, 5) is 30.2. The molecule has 1 saturated heterocycles. The molecule has 10 nitrogen and oxygen atoms in total. The third-order valence-electron chi connectivity index (χ3n) is 5.70. The number of hydrogen-bond donors (Lipinski definition) is 4. The second kappa shape index (κ2) is 12.4. The number of carbonyl (C=O) groups excluding carboxylic acids is 2. The third-order valence-corrected chi connectivity index (χ3v) is 5.70. The van der Waals surface area contributed by atoms with E-state index in [9.17, 15) is 14.0 Å². The Bertz CT molecular complexity index is 901. The van der Waals surface area contributed by atoms with Crippen molar-refractivity contribution >= 4 is 23.4 Å². The van der Waals surface area contributed by atoms with Crippen LogP contribution in [0.2, 0.25) is 0 Å². The Morgan fingerprint density at radius 1 is 1.41 bits per heavy atom. The quantitative estimate of drug-likeness (QED) is 0.280. The SMILES string of the molecule is COC(=O)NCCCN/C(=C\C(=N)[C@@H](C)N(C(=O)[C@H]1CNCCO1)C1CC1)c1ncccc1F. The summed E-state index contributed by atoms with van der Waals surface area (Å²) in [7, 11) is 1.29. The standard InChI is InChI=1S/C23H33FN6O4/c1-15(30(16-6-7-16)22(31)20-14-26-11-12-34-20)18(25)13-19(21-17(24)5-3-8-28-21)27-9-4-10-29-23(32)33-2/h3,5,8,13,15-16,20,25-27H,4,6-7,9-12,14H2,1-2H3,(H,29,32)/b19-13-,25-18?/t15-,20-/m1/s1. The second-order valence-corrected chi connectivity index (χ2v) is 8.26. The summed E-state index contributed by atoms with van der Waals surface area (Å²) in [6.07, 6.45) is 4.23. The zero-order valence-electron chi connectivity index (χ0n) is 19.6. The molecule has 186 valence electrons. The maximum Gasteiger partial charge on any atom is 0.406 e. The Labute approximate surface area is 198 Å². The van der Waals surface area contributed by atoms with E-state index in [0.717, 1.165) is 12.8 Å². The van der Waals surface area contributed by atoms with Crippen molar-refractivity contribution in [3.8, 4) is 0 Å². The van der Waals surface area contributed by atoms with Gasteiger partial charge in [0.05, 0.1) is 31.2 Å². The molecule has 2 heterocycles. The van der Waals surface area contributed by atoms with Crippen molar-refractivity contribution in [2.45, 2.75) is 44.4 Å². The van der Waals surface area contributed by atoms with E-state index in [-0.39, 0.29) is 23.4 Å². The molecule has 0 bridgehead atoms. The Morgan fingerprint density at radius 2 is 2.18 bits per heavy atom. The maximum absolute atomic E-state index is 14.5. The number of carbonyl (C=O) groups is 2. The molecule has 1 aromatic rings. The minimum Gasteiger partial charge on any atom is -0.453 e. The minimum atomic E-state index is -0.568. The lowest BCUT2D eigenvalue weighted by molar-refractivity contribution is -0.146. The molecule has 0 radical (unpaired) electrons. The Hall–Kier alpha value is -3.05. The van der Waals surface area contributed by atoms with E-state index in [1.54, 1.807) is 11.8 Å². The Kier molecular flexibility index (Phi) is 9.34.